The Balaban J connectivity index is 3.08. The second-order valence-corrected chi connectivity index (χ2v) is 1.91. The van der Waals surface area contributed by atoms with Gasteiger partial charge >= 0.3 is 0 Å². The molecule has 0 saturated heterocycles. The van der Waals surface area contributed by atoms with Gasteiger partial charge in [0.05, 0.1) is 11.7 Å². The minimum atomic E-state index is -0.0487. The summed E-state index contributed by atoms with van der Waals surface area (Å²) in [6.45, 7) is 1.84. The molecule has 0 aliphatic heterocycles. The summed E-state index contributed by atoms with van der Waals surface area (Å²) in [6, 6.07) is 0. The molecule has 0 spiro atoms. The topological polar surface area (TPSA) is 38.4 Å². The molecule has 0 amide bonds. The van der Waals surface area contributed by atoms with Gasteiger partial charge in [-0.3, -0.25) is 4.99 Å². The van der Waals surface area contributed by atoms with Crippen molar-refractivity contribution in [3.63, 3.8) is 0 Å². The molecule has 0 rings (SSSR count). The SMILES string of the molecule is CSC=NC(C)N. The quantitative estimate of drug-likeness (QED) is 0.428. The lowest BCUT2D eigenvalue weighted by Crippen LogP contribution is -2.10. The molecule has 0 aromatic rings. The van der Waals surface area contributed by atoms with Gasteiger partial charge in [0, 0.05) is 0 Å². The highest BCUT2D eigenvalue weighted by molar-refractivity contribution is 8.11. The van der Waals surface area contributed by atoms with Gasteiger partial charge in [0.25, 0.3) is 0 Å². The molecular weight excluding hydrogens is 108 g/mol. The lowest BCUT2D eigenvalue weighted by molar-refractivity contribution is 0.799. The van der Waals surface area contributed by atoms with Crippen molar-refractivity contribution < 1.29 is 0 Å². The van der Waals surface area contributed by atoms with E-state index in [0.717, 1.165) is 0 Å². The standard InChI is InChI=1S/C4H10N2S/c1-4(5)6-3-7-2/h3-4H,5H2,1-2H3. The number of hydrogen-bond acceptors (Lipinski definition) is 3. The van der Waals surface area contributed by atoms with Gasteiger partial charge in [0.15, 0.2) is 0 Å². The van der Waals surface area contributed by atoms with Gasteiger partial charge in [-0.2, -0.15) is 0 Å². The van der Waals surface area contributed by atoms with Crippen molar-refractivity contribution >= 4 is 17.3 Å². The van der Waals surface area contributed by atoms with Crippen molar-refractivity contribution in [1.82, 2.24) is 0 Å². The fraction of sp³-hybridized carbons (Fsp3) is 0.750. The summed E-state index contributed by atoms with van der Waals surface area (Å²) in [4.78, 5) is 3.86. The van der Waals surface area contributed by atoms with E-state index in [2.05, 4.69) is 4.99 Å². The molecule has 0 fully saturated rings. The van der Waals surface area contributed by atoms with Crippen LogP contribution in [0.1, 0.15) is 6.92 Å². The Morgan fingerprint density at radius 1 is 1.86 bits per heavy atom. The van der Waals surface area contributed by atoms with Gasteiger partial charge in [-0.25, -0.2) is 0 Å². The van der Waals surface area contributed by atoms with Crippen molar-refractivity contribution in [2.45, 2.75) is 13.1 Å². The third kappa shape index (κ3) is 5.98. The average molecular weight is 118 g/mol. The number of thioether (sulfide) groups is 1. The Hall–Kier alpha value is -0.0200. The molecule has 7 heavy (non-hydrogen) atoms. The van der Waals surface area contributed by atoms with Crippen LogP contribution in [0.2, 0.25) is 0 Å². The number of nitrogens with two attached hydrogens (primary N) is 1. The maximum absolute atomic E-state index is 5.27. The maximum Gasteiger partial charge on any atom is 0.0946 e. The zero-order chi connectivity index (χ0) is 5.70. The Morgan fingerprint density at radius 2 is 2.43 bits per heavy atom. The second-order valence-electron chi connectivity index (χ2n) is 1.23. The predicted octanol–water partition coefficient (Wildman–Crippen LogP) is 0.682. The molecule has 3 heteroatoms. The lowest BCUT2D eigenvalue weighted by atomic mass is 10.6. The largest absolute Gasteiger partial charge is 0.310 e. The van der Waals surface area contributed by atoms with Crippen LogP contribution in [-0.4, -0.2) is 18.0 Å². The normalized spacial score (nSPS) is 15.3. The molecule has 0 radical (unpaired) electrons. The fourth-order valence-electron chi connectivity index (χ4n) is 0.157. The van der Waals surface area contributed by atoms with Gasteiger partial charge in [-0.1, -0.05) is 0 Å². The van der Waals surface area contributed by atoms with Crippen LogP contribution >= 0.6 is 11.8 Å². The minimum Gasteiger partial charge on any atom is -0.310 e. The Labute approximate surface area is 48.2 Å². The molecule has 0 bridgehead atoms. The van der Waals surface area contributed by atoms with Crippen LogP contribution in [0.5, 0.6) is 0 Å². The van der Waals surface area contributed by atoms with E-state index in [-0.39, 0.29) is 6.17 Å². The van der Waals surface area contributed by atoms with E-state index in [0.29, 0.717) is 0 Å². The molecule has 1 unspecified atom stereocenters. The number of aliphatic imine (C=N–C) groups is 1. The summed E-state index contributed by atoms with van der Waals surface area (Å²) in [6.07, 6.45) is 1.90. The average Bonchev–Trinajstić information content (AvgIpc) is 1.61. The van der Waals surface area contributed by atoms with E-state index < -0.39 is 0 Å². The van der Waals surface area contributed by atoms with E-state index >= 15 is 0 Å². The first-order valence-corrected chi connectivity index (χ1v) is 3.36. The summed E-state index contributed by atoms with van der Waals surface area (Å²) < 4.78 is 0. The highest BCUT2D eigenvalue weighted by Crippen LogP contribution is 1.84. The Bertz CT molecular complexity index is 60.7. The summed E-state index contributed by atoms with van der Waals surface area (Å²) in [5.74, 6) is 0. The van der Waals surface area contributed by atoms with Gasteiger partial charge in [0.2, 0.25) is 0 Å². The van der Waals surface area contributed by atoms with E-state index in [1.165, 1.54) is 0 Å². The van der Waals surface area contributed by atoms with Crippen molar-refractivity contribution in [1.29, 1.82) is 0 Å². The zero-order valence-electron chi connectivity index (χ0n) is 4.59. The molecule has 0 aliphatic carbocycles. The first-order valence-electron chi connectivity index (χ1n) is 2.07. The molecule has 0 aromatic carbocycles. The van der Waals surface area contributed by atoms with Crippen molar-refractivity contribution in [2.75, 3.05) is 6.26 Å². The van der Waals surface area contributed by atoms with Crippen molar-refractivity contribution in [2.24, 2.45) is 10.7 Å². The van der Waals surface area contributed by atoms with Gasteiger partial charge in [0.1, 0.15) is 0 Å². The summed E-state index contributed by atoms with van der Waals surface area (Å²) in [5, 5.41) is 0. The van der Waals surface area contributed by atoms with E-state index in [1.54, 1.807) is 17.3 Å². The van der Waals surface area contributed by atoms with Crippen LogP contribution in [0.25, 0.3) is 0 Å². The van der Waals surface area contributed by atoms with Crippen molar-refractivity contribution in [3.8, 4) is 0 Å². The first-order chi connectivity index (χ1) is 3.27. The van der Waals surface area contributed by atoms with Crippen LogP contribution in [0.4, 0.5) is 0 Å². The second kappa shape index (κ2) is 4.15. The third-order valence-corrected chi connectivity index (χ3v) is 0.734. The highest BCUT2D eigenvalue weighted by atomic mass is 32.2. The van der Waals surface area contributed by atoms with E-state index in [9.17, 15) is 0 Å². The number of nitrogens with zero attached hydrogens (tertiary/aromatic N) is 1. The van der Waals surface area contributed by atoms with Crippen molar-refractivity contribution in [3.05, 3.63) is 0 Å². The number of rotatable bonds is 2. The van der Waals surface area contributed by atoms with E-state index in [4.69, 9.17) is 5.73 Å². The van der Waals surface area contributed by atoms with Crippen LogP contribution in [0.3, 0.4) is 0 Å². The minimum absolute atomic E-state index is 0.0487. The van der Waals surface area contributed by atoms with Crippen LogP contribution in [0, 0.1) is 0 Å². The van der Waals surface area contributed by atoms with Crippen LogP contribution in [-0.2, 0) is 0 Å². The third-order valence-electron chi connectivity index (χ3n) is 0.401. The summed E-state index contributed by atoms with van der Waals surface area (Å²) in [5.41, 5.74) is 7.01. The van der Waals surface area contributed by atoms with Gasteiger partial charge in [-0.05, 0) is 13.2 Å². The smallest absolute Gasteiger partial charge is 0.0946 e. The summed E-state index contributed by atoms with van der Waals surface area (Å²) >= 11 is 1.56. The lowest BCUT2D eigenvalue weighted by Gasteiger charge is -1.90. The molecule has 0 heterocycles. The van der Waals surface area contributed by atoms with Crippen LogP contribution in [0.15, 0.2) is 4.99 Å². The first kappa shape index (κ1) is 6.98. The van der Waals surface area contributed by atoms with E-state index in [1.807, 2.05) is 13.2 Å². The zero-order valence-corrected chi connectivity index (χ0v) is 5.40. The highest BCUT2D eigenvalue weighted by Gasteiger charge is 1.78. The van der Waals surface area contributed by atoms with Crippen LogP contribution < -0.4 is 5.73 Å². The molecular formula is C4H10N2S. The predicted molar refractivity (Wildman–Crippen MR) is 35.7 cm³/mol. The number of hydrogen-bond donors (Lipinski definition) is 1. The molecule has 42 valence electrons. The molecule has 0 aromatic heterocycles. The molecule has 1 atom stereocenters. The van der Waals surface area contributed by atoms with Gasteiger partial charge in [-0.15, -0.1) is 11.8 Å². The Morgan fingerprint density at radius 3 is 2.57 bits per heavy atom. The fourth-order valence-corrected chi connectivity index (χ4v) is 0.471. The molecule has 0 saturated carbocycles. The maximum atomic E-state index is 5.27. The summed E-state index contributed by atoms with van der Waals surface area (Å²) in [7, 11) is 0. The van der Waals surface area contributed by atoms with Gasteiger partial charge < -0.3 is 5.73 Å². The Kier molecular flexibility index (Phi) is 4.14. The molecule has 2 nitrogen and oxygen atoms in total. The molecule has 0 aliphatic rings. The molecule has 2 N–H and O–H groups in total. The monoisotopic (exact) mass is 118 g/mol.